The van der Waals surface area contributed by atoms with Gasteiger partial charge in [-0.15, -0.1) is 0 Å². The molecule has 0 atom stereocenters. The number of fused-ring (bicyclic) bond motifs is 1. The first kappa shape index (κ1) is 16.3. The van der Waals surface area contributed by atoms with Crippen LogP contribution in [-0.4, -0.2) is 34.1 Å². The third kappa shape index (κ3) is 2.43. The first-order valence-corrected chi connectivity index (χ1v) is 7.50. The predicted molar refractivity (Wildman–Crippen MR) is 86.0 cm³/mol. The molecule has 1 aliphatic heterocycles. The molecule has 0 radical (unpaired) electrons. The van der Waals surface area contributed by atoms with E-state index in [-0.39, 0.29) is 10.5 Å². The molecule has 1 fully saturated rings. The van der Waals surface area contributed by atoms with E-state index in [1.807, 2.05) is 27.7 Å². The number of aromatic nitrogens is 1. The minimum Gasteiger partial charge on any atom is -0.464 e. The second-order valence-electron chi connectivity index (χ2n) is 6.61. The number of nitrogens with zero attached hydrogens (tertiary/aromatic N) is 1. The Morgan fingerprint density at radius 2 is 1.83 bits per heavy atom. The molecule has 0 saturated carbocycles. The van der Waals surface area contributed by atoms with Crippen molar-refractivity contribution in [1.29, 1.82) is 0 Å². The van der Waals surface area contributed by atoms with Crippen LogP contribution in [0.2, 0.25) is 5.02 Å². The van der Waals surface area contributed by atoms with Gasteiger partial charge in [-0.2, -0.15) is 0 Å². The van der Waals surface area contributed by atoms with Gasteiger partial charge >= 0.3 is 13.2 Å². The van der Waals surface area contributed by atoms with Gasteiger partial charge in [0.25, 0.3) is 0 Å². The molecule has 1 aliphatic rings. The monoisotopic (exact) mass is 339 g/mol. The van der Waals surface area contributed by atoms with Crippen molar-refractivity contribution in [2.45, 2.75) is 38.9 Å². The van der Waals surface area contributed by atoms with Crippen LogP contribution in [-0.2, 0) is 9.31 Å². The molecule has 1 saturated heterocycles. The van der Waals surface area contributed by atoms with Crippen LogP contribution in [0.3, 0.4) is 0 Å². The Labute approximate surface area is 138 Å². The SMILES string of the molecule is CC1(C)OB(c2cn(C(=O)O)c3c(F)cc(Cl)cc23)OC1(C)C. The zero-order valence-electron chi connectivity index (χ0n) is 13.2. The third-order valence-electron chi connectivity index (χ3n) is 4.56. The van der Waals surface area contributed by atoms with Gasteiger partial charge in [0.1, 0.15) is 5.82 Å². The van der Waals surface area contributed by atoms with Crippen LogP contribution >= 0.6 is 11.6 Å². The van der Waals surface area contributed by atoms with Crippen molar-refractivity contribution in [3.8, 4) is 0 Å². The normalized spacial score (nSPS) is 19.5. The van der Waals surface area contributed by atoms with E-state index in [4.69, 9.17) is 20.9 Å². The van der Waals surface area contributed by atoms with E-state index in [1.54, 1.807) is 0 Å². The molecule has 1 N–H and O–H groups in total. The van der Waals surface area contributed by atoms with Gasteiger partial charge in [-0.25, -0.2) is 9.18 Å². The lowest BCUT2D eigenvalue weighted by molar-refractivity contribution is 0.00578. The number of hydrogen-bond acceptors (Lipinski definition) is 3. The van der Waals surface area contributed by atoms with E-state index in [1.165, 1.54) is 12.3 Å². The second-order valence-corrected chi connectivity index (χ2v) is 7.05. The molecule has 1 aromatic heterocycles. The van der Waals surface area contributed by atoms with Gasteiger partial charge in [0.2, 0.25) is 0 Å². The van der Waals surface area contributed by atoms with E-state index in [0.717, 1.165) is 10.6 Å². The van der Waals surface area contributed by atoms with Gasteiger partial charge in [0, 0.05) is 22.1 Å². The first-order valence-electron chi connectivity index (χ1n) is 7.12. The molecule has 122 valence electrons. The fourth-order valence-corrected chi connectivity index (χ4v) is 2.82. The van der Waals surface area contributed by atoms with Gasteiger partial charge in [-0.3, -0.25) is 4.57 Å². The third-order valence-corrected chi connectivity index (χ3v) is 4.78. The van der Waals surface area contributed by atoms with Crippen LogP contribution in [0, 0.1) is 5.82 Å². The summed E-state index contributed by atoms with van der Waals surface area (Å²) in [5.41, 5.74) is -0.812. The molecule has 8 heteroatoms. The van der Waals surface area contributed by atoms with E-state index in [0.29, 0.717) is 10.8 Å². The van der Waals surface area contributed by atoms with Crippen molar-refractivity contribution < 1.29 is 23.6 Å². The highest BCUT2D eigenvalue weighted by Crippen LogP contribution is 2.37. The highest BCUT2D eigenvalue weighted by molar-refractivity contribution is 6.65. The van der Waals surface area contributed by atoms with Crippen LogP contribution in [0.15, 0.2) is 18.3 Å². The van der Waals surface area contributed by atoms with E-state index in [2.05, 4.69) is 0 Å². The summed E-state index contributed by atoms with van der Waals surface area (Å²) in [6.07, 6.45) is 0.0214. The van der Waals surface area contributed by atoms with Crippen molar-refractivity contribution in [2.75, 3.05) is 0 Å². The molecule has 1 aromatic carbocycles. The zero-order valence-corrected chi connectivity index (χ0v) is 13.9. The number of rotatable bonds is 1. The molecule has 0 amide bonds. The van der Waals surface area contributed by atoms with Gasteiger partial charge in [-0.1, -0.05) is 11.6 Å². The molecule has 5 nitrogen and oxygen atoms in total. The van der Waals surface area contributed by atoms with Crippen molar-refractivity contribution >= 4 is 41.2 Å². The number of halogens is 2. The summed E-state index contributed by atoms with van der Waals surface area (Å²) in [6, 6.07) is 2.59. The molecule has 0 aliphatic carbocycles. The Balaban J connectivity index is 2.22. The van der Waals surface area contributed by atoms with Gasteiger partial charge < -0.3 is 14.4 Å². The van der Waals surface area contributed by atoms with E-state index >= 15 is 0 Å². The van der Waals surface area contributed by atoms with Crippen molar-refractivity contribution in [1.82, 2.24) is 4.57 Å². The second kappa shape index (κ2) is 4.96. The average Bonchev–Trinajstić information content (AvgIpc) is 2.85. The van der Waals surface area contributed by atoms with E-state index in [9.17, 15) is 14.3 Å². The lowest BCUT2D eigenvalue weighted by atomic mass is 9.79. The Morgan fingerprint density at radius 1 is 1.26 bits per heavy atom. The van der Waals surface area contributed by atoms with Crippen LogP contribution in [0.5, 0.6) is 0 Å². The largest absolute Gasteiger partial charge is 0.497 e. The number of carbonyl (C=O) groups is 1. The molecule has 3 rings (SSSR count). The minimum absolute atomic E-state index is 0.0633. The summed E-state index contributed by atoms with van der Waals surface area (Å²) in [7, 11) is -0.805. The Bertz CT molecular complexity index is 801. The smallest absolute Gasteiger partial charge is 0.464 e. The van der Waals surface area contributed by atoms with Crippen LogP contribution in [0.25, 0.3) is 10.9 Å². The molecular weight excluding hydrogens is 323 g/mol. The van der Waals surface area contributed by atoms with Crippen molar-refractivity contribution in [3.05, 3.63) is 29.2 Å². The molecule has 2 aromatic rings. The molecule has 2 heterocycles. The summed E-state index contributed by atoms with van der Waals surface area (Å²) in [4.78, 5) is 11.4. The molecule has 23 heavy (non-hydrogen) atoms. The topological polar surface area (TPSA) is 60.7 Å². The average molecular weight is 340 g/mol. The van der Waals surface area contributed by atoms with Gasteiger partial charge in [0.15, 0.2) is 0 Å². The maximum absolute atomic E-state index is 14.2. The lowest BCUT2D eigenvalue weighted by Gasteiger charge is -2.32. The standard InChI is InChI=1S/C15H16BClFNO4/c1-14(2)15(3,4)23-16(22-14)10-7-19(13(20)21)12-9(10)5-8(17)6-11(12)18/h5-7H,1-4H3,(H,20,21). The number of benzene rings is 1. The molecular formula is C15H16BClFNO4. The fraction of sp³-hybridized carbons (Fsp3) is 0.400. The summed E-state index contributed by atoms with van der Waals surface area (Å²) < 4.78 is 26.9. The van der Waals surface area contributed by atoms with Crippen molar-refractivity contribution in [2.24, 2.45) is 0 Å². The van der Waals surface area contributed by atoms with Gasteiger partial charge in [0.05, 0.1) is 16.7 Å². The highest BCUT2D eigenvalue weighted by atomic mass is 35.5. The minimum atomic E-state index is -1.29. The Kier molecular flexibility index (Phi) is 3.52. The summed E-state index contributed by atoms with van der Waals surface area (Å²) in [6.45, 7) is 7.54. The number of carboxylic acid groups (broad SMARTS) is 1. The summed E-state index contributed by atoms with van der Waals surface area (Å²) in [5, 5.41) is 9.85. The molecule has 0 unspecified atom stereocenters. The molecule has 0 spiro atoms. The van der Waals surface area contributed by atoms with Crippen LogP contribution < -0.4 is 5.46 Å². The van der Waals surface area contributed by atoms with E-state index < -0.39 is 30.2 Å². The zero-order chi connectivity index (χ0) is 17.2. The van der Waals surface area contributed by atoms with Crippen LogP contribution in [0.4, 0.5) is 9.18 Å². The highest BCUT2D eigenvalue weighted by Gasteiger charge is 2.52. The lowest BCUT2D eigenvalue weighted by Crippen LogP contribution is -2.41. The predicted octanol–water partition coefficient (Wildman–Crippen LogP) is 3.26. The fourth-order valence-electron chi connectivity index (χ4n) is 2.61. The number of hydrogen-bond donors (Lipinski definition) is 1. The van der Waals surface area contributed by atoms with Crippen LogP contribution in [0.1, 0.15) is 27.7 Å². The Morgan fingerprint density at radius 3 is 2.35 bits per heavy atom. The summed E-state index contributed by atoms with van der Waals surface area (Å²) >= 11 is 5.93. The first-order chi connectivity index (χ1) is 10.5. The van der Waals surface area contributed by atoms with Crippen molar-refractivity contribution in [3.63, 3.8) is 0 Å². The molecule has 0 bridgehead atoms. The quantitative estimate of drug-likeness (QED) is 0.810. The maximum Gasteiger partial charge on any atom is 0.497 e. The summed E-state index contributed by atoms with van der Waals surface area (Å²) in [5.74, 6) is -0.710. The maximum atomic E-state index is 14.2. The van der Waals surface area contributed by atoms with Gasteiger partial charge in [-0.05, 0) is 39.8 Å². The Hall–Kier alpha value is -1.57.